The van der Waals surface area contributed by atoms with E-state index in [1.165, 1.54) is 16.5 Å². The molecule has 2 aromatic carbocycles. The van der Waals surface area contributed by atoms with Crippen molar-refractivity contribution in [2.45, 2.75) is 24.5 Å². The average Bonchev–Trinajstić information content (AvgIpc) is 3.58. The molecule has 1 spiro atoms. The van der Waals surface area contributed by atoms with Gasteiger partial charge in [-0.2, -0.15) is 0 Å². The van der Waals surface area contributed by atoms with Crippen LogP contribution in [0.3, 0.4) is 0 Å². The summed E-state index contributed by atoms with van der Waals surface area (Å²) in [4.78, 5) is 31.7. The number of rotatable bonds is 7. The highest BCUT2D eigenvalue weighted by atomic mass is 16.5. The van der Waals surface area contributed by atoms with Crippen LogP contribution < -0.4 is 5.32 Å². The summed E-state index contributed by atoms with van der Waals surface area (Å²) in [6, 6.07) is 18.3. The number of nitrogens with one attached hydrogen (secondary N) is 2. The van der Waals surface area contributed by atoms with Gasteiger partial charge in [0, 0.05) is 30.2 Å². The minimum atomic E-state index is -0.655. The Hall–Kier alpha value is -3.38. The molecular formula is C27H27N3O3. The van der Waals surface area contributed by atoms with E-state index < -0.39 is 17.4 Å². The smallest absolute Gasteiger partial charge is 0.230 e. The Bertz CT molecular complexity index is 1230. The van der Waals surface area contributed by atoms with Crippen molar-refractivity contribution in [2.24, 2.45) is 11.8 Å². The lowest BCUT2D eigenvalue weighted by molar-refractivity contribution is -0.137. The molecule has 2 N–H and O–H groups in total. The summed E-state index contributed by atoms with van der Waals surface area (Å²) < 4.78 is 6.24. The Morgan fingerprint density at radius 3 is 2.82 bits per heavy atom. The number of carbonyl (C=O) groups excluding carboxylic acids is 2. The van der Waals surface area contributed by atoms with Gasteiger partial charge in [0.1, 0.15) is 5.60 Å². The number of likely N-dealkylation sites (tertiary alicyclic amines) is 1. The molecule has 2 bridgehead atoms. The number of hydrogen-bond acceptors (Lipinski definition) is 3. The summed E-state index contributed by atoms with van der Waals surface area (Å²) in [5, 5.41) is 4.26. The lowest BCUT2D eigenvalue weighted by Gasteiger charge is -2.23. The van der Waals surface area contributed by atoms with Gasteiger partial charge in [0.25, 0.3) is 0 Å². The third kappa shape index (κ3) is 3.37. The molecule has 6 rings (SSSR count). The monoisotopic (exact) mass is 441 g/mol. The average molecular weight is 442 g/mol. The number of H-pyrrole nitrogens is 1. The van der Waals surface area contributed by atoms with Crippen LogP contribution in [-0.2, 0) is 27.2 Å². The largest absolute Gasteiger partial charge is 0.361 e. The molecule has 3 aliphatic heterocycles. The van der Waals surface area contributed by atoms with Crippen molar-refractivity contribution in [3.8, 4) is 0 Å². The molecule has 4 atom stereocenters. The molecule has 1 aromatic heterocycles. The van der Waals surface area contributed by atoms with Crippen LogP contribution in [0.2, 0.25) is 0 Å². The van der Waals surface area contributed by atoms with Gasteiger partial charge in [-0.05, 0) is 30.0 Å². The first-order chi connectivity index (χ1) is 16.1. The van der Waals surface area contributed by atoms with Crippen molar-refractivity contribution in [3.05, 3.63) is 84.1 Å². The van der Waals surface area contributed by atoms with Gasteiger partial charge in [-0.3, -0.25) is 9.59 Å². The minimum absolute atomic E-state index is 0.0366. The summed E-state index contributed by atoms with van der Waals surface area (Å²) in [6.07, 6.45) is 7.19. The van der Waals surface area contributed by atoms with E-state index in [9.17, 15) is 9.59 Å². The zero-order valence-corrected chi connectivity index (χ0v) is 18.4. The van der Waals surface area contributed by atoms with Gasteiger partial charge in [-0.1, -0.05) is 60.7 Å². The fraction of sp³-hybridized carbons (Fsp3) is 0.333. The first-order valence-corrected chi connectivity index (χ1v) is 11.7. The number of aromatic nitrogens is 1. The van der Waals surface area contributed by atoms with E-state index in [1.807, 2.05) is 59.6 Å². The lowest BCUT2D eigenvalue weighted by atomic mass is 9.77. The molecule has 2 fully saturated rings. The number of aromatic amines is 1. The molecule has 3 aliphatic rings. The molecule has 6 nitrogen and oxygen atoms in total. The van der Waals surface area contributed by atoms with Gasteiger partial charge >= 0.3 is 0 Å². The molecular weight excluding hydrogens is 414 g/mol. The van der Waals surface area contributed by atoms with Crippen LogP contribution in [0.25, 0.3) is 10.9 Å². The molecule has 1 unspecified atom stereocenters. The predicted octanol–water partition coefficient (Wildman–Crippen LogP) is 2.85. The molecule has 4 heterocycles. The van der Waals surface area contributed by atoms with Crippen molar-refractivity contribution < 1.29 is 14.3 Å². The Balaban J connectivity index is 1.11. The molecule has 0 saturated carbocycles. The second kappa shape index (κ2) is 7.89. The van der Waals surface area contributed by atoms with Gasteiger partial charge < -0.3 is 19.9 Å². The van der Waals surface area contributed by atoms with E-state index in [0.29, 0.717) is 19.6 Å². The number of benzene rings is 2. The maximum Gasteiger partial charge on any atom is 0.230 e. The number of carbonyl (C=O) groups is 2. The van der Waals surface area contributed by atoms with Crippen molar-refractivity contribution in [1.82, 2.24) is 15.2 Å². The number of nitrogens with zero attached hydrogens (tertiary/aromatic N) is 1. The molecule has 33 heavy (non-hydrogen) atoms. The number of amides is 2. The first kappa shape index (κ1) is 20.2. The summed E-state index contributed by atoms with van der Waals surface area (Å²) in [6.45, 7) is 1.69. The van der Waals surface area contributed by atoms with E-state index in [-0.39, 0.29) is 17.9 Å². The summed E-state index contributed by atoms with van der Waals surface area (Å²) in [5.41, 5.74) is 2.82. The summed E-state index contributed by atoms with van der Waals surface area (Å²) in [5.74, 6) is -0.951. The van der Waals surface area contributed by atoms with Gasteiger partial charge in [0.15, 0.2) is 0 Å². The molecule has 0 aliphatic carbocycles. The van der Waals surface area contributed by atoms with E-state index >= 15 is 0 Å². The standard InChI is InChI=1S/C27H27N3O3/c31-25(28-14-11-19-16-29-21-9-5-4-8-20(19)21)23-22-10-13-27(33-22)17-30(26(32)24(23)27)15-12-18-6-2-1-3-7-18/h1-10,13,16,22-24,29H,11-12,14-15,17H2,(H,28,31)/t22-,23?,24+,27-/m0/s1. The Kier molecular flexibility index (Phi) is 4.84. The Morgan fingerprint density at radius 1 is 1.12 bits per heavy atom. The second-order valence-corrected chi connectivity index (χ2v) is 9.30. The highest BCUT2D eigenvalue weighted by Crippen LogP contribution is 2.51. The highest BCUT2D eigenvalue weighted by molar-refractivity contribution is 5.93. The third-order valence-corrected chi connectivity index (χ3v) is 7.36. The van der Waals surface area contributed by atoms with Crippen molar-refractivity contribution in [3.63, 3.8) is 0 Å². The maximum absolute atomic E-state index is 13.3. The van der Waals surface area contributed by atoms with E-state index in [0.717, 1.165) is 18.4 Å². The van der Waals surface area contributed by atoms with Crippen LogP contribution in [0.4, 0.5) is 0 Å². The molecule has 2 saturated heterocycles. The third-order valence-electron chi connectivity index (χ3n) is 7.36. The molecule has 168 valence electrons. The fourth-order valence-corrected chi connectivity index (χ4v) is 5.75. The molecule has 6 heteroatoms. The first-order valence-electron chi connectivity index (χ1n) is 11.7. The minimum Gasteiger partial charge on any atom is -0.361 e. The maximum atomic E-state index is 13.3. The summed E-state index contributed by atoms with van der Waals surface area (Å²) in [7, 11) is 0. The van der Waals surface area contributed by atoms with Gasteiger partial charge in [0.2, 0.25) is 11.8 Å². The molecule has 0 radical (unpaired) electrons. The predicted molar refractivity (Wildman–Crippen MR) is 125 cm³/mol. The van der Waals surface area contributed by atoms with Crippen LogP contribution in [0.1, 0.15) is 11.1 Å². The number of fused-ring (bicyclic) bond motifs is 2. The SMILES string of the molecule is O=C(NCCc1c[nH]c2ccccc12)C1[C@@H]2C=C[C@@]3(CN(CCc4ccccc4)C(=O)[C@@H]13)O2. The fourth-order valence-electron chi connectivity index (χ4n) is 5.75. The zero-order valence-electron chi connectivity index (χ0n) is 18.4. The number of ether oxygens (including phenoxy) is 1. The van der Waals surface area contributed by atoms with E-state index in [4.69, 9.17) is 4.74 Å². The van der Waals surface area contributed by atoms with E-state index in [2.05, 4.69) is 28.5 Å². The van der Waals surface area contributed by atoms with Crippen LogP contribution in [0.5, 0.6) is 0 Å². The van der Waals surface area contributed by atoms with E-state index in [1.54, 1.807) is 0 Å². The van der Waals surface area contributed by atoms with Gasteiger partial charge in [-0.15, -0.1) is 0 Å². The van der Waals surface area contributed by atoms with Gasteiger partial charge in [0.05, 0.1) is 24.5 Å². The molecule has 3 aromatic rings. The van der Waals surface area contributed by atoms with Crippen molar-refractivity contribution in [1.29, 1.82) is 0 Å². The Morgan fingerprint density at radius 2 is 1.94 bits per heavy atom. The van der Waals surface area contributed by atoms with Crippen LogP contribution in [0, 0.1) is 11.8 Å². The molecule has 2 amide bonds. The quantitative estimate of drug-likeness (QED) is 0.554. The highest BCUT2D eigenvalue weighted by Gasteiger charge is 2.66. The Labute approximate surface area is 192 Å². The van der Waals surface area contributed by atoms with Crippen LogP contribution in [0.15, 0.2) is 72.9 Å². The number of para-hydroxylation sites is 1. The number of hydrogen-bond donors (Lipinski definition) is 2. The lowest BCUT2D eigenvalue weighted by Crippen LogP contribution is -2.44. The second-order valence-electron chi connectivity index (χ2n) is 9.30. The topological polar surface area (TPSA) is 74.4 Å². The van der Waals surface area contributed by atoms with Crippen LogP contribution in [-0.4, -0.2) is 53.0 Å². The van der Waals surface area contributed by atoms with Crippen LogP contribution >= 0.6 is 0 Å². The zero-order chi connectivity index (χ0) is 22.4. The van der Waals surface area contributed by atoms with Crippen molar-refractivity contribution >= 4 is 22.7 Å². The normalized spacial score (nSPS) is 27.5. The summed E-state index contributed by atoms with van der Waals surface area (Å²) >= 11 is 0. The van der Waals surface area contributed by atoms with Crippen molar-refractivity contribution in [2.75, 3.05) is 19.6 Å². The van der Waals surface area contributed by atoms with Gasteiger partial charge in [-0.25, -0.2) is 0 Å².